The zero-order valence-corrected chi connectivity index (χ0v) is 12.1. The van der Waals surface area contributed by atoms with Crippen LogP contribution in [-0.4, -0.2) is 47.5 Å². The first-order valence-corrected chi connectivity index (χ1v) is 6.56. The Morgan fingerprint density at radius 1 is 1.25 bits per heavy atom. The molecule has 0 heterocycles. The van der Waals surface area contributed by atoms with E-state index >= 15 is 0 Å². The number of hydrogen-bond donors (Lipinski definition) is 2. The highest BCUT2D eigenvalue weighted by atomic mass is 16.5. The molecule has 0 aliphatic rings. The topological polar surface area (TPSA) is 76.0 Å². The Labute approximate surface area is 119 Å². The fourth-order valence-corrected chi connectivity index (χ4v) is 1.53. The highest BCUT2D eigenvalue weighted by molar-refractivity contribution is 6.01. The van der Waals surface area contributed by atoms with Crippen LogP contribution in [0.5, 0.6) is 5.75 Å². The summed E-state index contributed by atoms with van der Waals surface area (Å²) in [4.78, 5) is 11.8. The Morgan fingerprint density at radius 2 is 1.85 bits per heavy atom. The molecule has 0 saturated carbocycles. The number of Topliss-reactive ketones (excluding diaryl/α,β-unsaturated/α-hetero) is 1. The van der Waals surface area contributed by atoms with Crippen molar-refractivity contribution in [1.82, 2.24) is 0 Å². The average molecular weight is 282 g/mol. The summed E-state index contributed by atoms with van der Waals surface area (Å²) in [5, 5.41) is 18.6. The molecule has 5 nitrogen and oxygen atoms in total. The van der Waals surface area contributed by atoms with Crippen molar-refractivity contribution in [2.45, 2.75) is 32.5 Å². The average Bonchev–Trinajstić information content (AvgIpc) is 2.37. The van der Waals surface area contributed by atoms with E-state index in [0.29, 0.717) is 24.5 Å². The number of aliphatic hydroxyl groups is 2. The van der Waals surface area contributed by atoms with E-state index in [4.69, 9.17) is 14.6 Å². The highest BCUT2D eigenvalue weighted by Gasteiger charge is 2.24. The molecule has 0 radical (unpaired) electrons. The molecule has 1 unspecified atom stereocenters. The smallest absolute Gasteiger partial charge is 0.193 e. The molecule has 2 N–H and O–H groups in total. The summed E-state index contributed by atoms with van der Waals surface area (Å²) >= 11 is 0. The lowest BCUT2D eigenvalue weighted by Crippen LogP contribution is -2.30. The predicted octanol–water partition coefficient (Wildman–Crippen LogP) is 1.42. The Balaban J connectivity index is 2.41. The maximum atomic E-state index is 11.8. The molecular weight excluding hydrogens is 260 g/mol. The summed E-state index contributed by atoms with van der Waals surface area (Å²) in [7, 11) is 0. The van der Waals surface area contributed by atoms with Crippen LogP contribution in [0.15, 0.2) is 24.3 Å². The fraction of sp³-hybridized carbons (Fsp3) is 0.533. The molecule has 112 valence electrons. The number of rotatable bonds is 8. The summed E-state index contributed by atoms with van der Waals surface area (Å²) in [6.07, 6.45) is -0.484. The van der Waals surface area contributed by atoms with Gasteiger partial charge in [-0.05, 0) is 45.0 Å². The van der Waals surface area contributed by atoms with E-state index in [1.807, 2.05) is 0 Å². The monoisotopic (exact) mass is 282 g/mol. The summed E-state index contributed by atoms with van der Waals surface area (Å²) in [5.74, 6) is 0.294. The Kier molecular flexibility index (Phi) is 6.13. The summed E-state index contributed by atoms with van der Waals surface area (Å²) in [6.45, 7) is 5.60. The maximum Gasteiger partial charge on any atom is 0.193 e. The van der Waals surface area contributed by atoms with E-state index in [0.717, 1.165) is 0 Å². The normalized spacial score (nSPS) is 13.1. The third-order valence-corrected chi connectivity index (χ3v) is 2.53. The highest BCUT2D eigenvalue weighted by Crippen LogP contribution is 2.17. The molecule has 5 heteroatoms. The molecule has 1 rings (SSSR count). The molecular formula is C15H22O5. The van der Waals surface area contributed by atoms with E-state index < -0.39 is 11.7 Å². The van der Waals surface area contributed by atoms with Crippen LogP contribution in [0.4, 0.5) is 0 Å². The van der Waals surface area contributed by atoms with Gasteiger partial charge in [0.15, 0.2) is 5.78 Å². The van der Waals surface area contributed by atoms with Crippen LogP contribution >= 0.6 is 0 Å². The van der Waals surface area contributed by atoms with Gasteiger partial charge < -0.3 is 19.7 Å². The molecule has 0 aliphatic heterocycles. The summed E-state index contributed by atoms with van der Waals surface area (Å²) < 4.78 is 10.6. The number of hydrogen-bond acceptors (Lipinski definition) is 5. The van der Waals surface area contributed by atoms with Crippen molar-refractivity contribution in [2.75, 3.05) is 19.8 Å². The van der Waals surface area contributed by atoms with Gasteiger partial charge in [-0.15, -0.1) is 0 Å². The van der Waals surface area contributed by atoms with Crippen LogP contribution in [-0.2, 0) is 4.74 Å². The largest absolute Gasteiger partial charge is 0.491 e. The van der Waals surface area contributed by atoms with E-state index in [1.54, 1.807) is 31.2 Å². The minimum atomic E-state index is -1.38. The van der Waals surface area contributed by atoms with Crippen molar-refractivity contribution in [1.29, 1.82) is 0 Å². The number of ketones is 1. The first kappa shape index (κ1) is 16.6. The Hall–Kier alpha value is -1.43. The van der Waals surface area contributed by atoms with Crippen LogP contribution in [0.3, 0.4) is 0 Å². The van der Waals surface area contributed by atoms with Crippen molar-refractivity contribution < 1.29 is 24.5 Å². The van der Waals surface area contributed by atoms with Gasteiger partial charge in [0.25, 0.3) is 0 Å². The van der Waals surface area contributed by atoms with Crippen LogP contribution in [0.25, 0.3) is 0 Å². The second-order valence-electron chi connectivity index (χ2n) is 5.18. The predicted molar refractivity (Wildman–Crippen MR) is 75.1 cm³/mol. The van der Waals surface area contributed by atoms with Gasteiger partial charge in [0, 0.05) is 5.56 Å². The zero-order valence-electron chi connectivity index (χ0n) is 12.1. The van der Waals surface area contributed by atoms with E-state index in [2.05, 4.69) is 0 Å². The van der Waals surface area contributed by atoms with Gasteiger partial charge in [0.05, 0.1) is 19.3 Å². The minimum absolute atomic E-state index is 0.280. The second kappa shape index (κ2) is 7.38. The number of carbonyl (C=O) groups excluding carboxylic acids is 1. The van der Waals surface area contributed by atoms with Crippen molar-refractivity contribution >= 4 is 5.78 Å². The number of benzene rings is 1. The third-order valence-electron chi connectivity index (χ3n) is 2.53. The SMILES string of the molecule is CC(O)COCCOc1ccc(C(=O)C(C)(C)O)cc1. The molecule has 0 saturated heterocycles. The van der Waals surface area contributed by atoms with Crippen molar-refractivity contribution in [2.24, 2.45) is 0 Å². The van der Waals surface area contributed by atoms with Gasteiger partial charge in [-0.1, -0.05) is 0 Å². The minimum Gasteiger partial charge on any atom is -0.491 e. The molecule has 0 bridgehead atoms. The zero-order chi connectivity index (χ0) is 15.2. The summed E-state index contributed by atoms with van der Waals surface area (Å²) in [5.41, 5.74) is -0.938. The van der Waals surface area contributed by atoms with Crippen molar-refractivity contribution in [3.8, 4) is 5.75 Å². The number of aliphatic hydroxyl groups excluding tert-OH is 1. The van der Waals surface area contributed by atoms with E-state index in [1.165, 1.54) is 13.8 Å². The third kappa shape index (κ3) is 5.69. The van der Waals surface area contributed by atoms with E-state index in [-0.39, 0.29) is 12.4 Å². The lowest BCUT2D eigenvalue weighted by atomic mass is 9.97. The molecule has 0 aliphatic carbocycles. The Morgan fingerprint density at radius 3 is 2.35 bits per heavy atom. The summed E-state index contributed by atoms with van der Waals surface area (Å²) in [6, 6.07) is 6.58. The van der Waals surface area contributed by atoms with Gasteiger partial charge in [0.1, 0.15) is 18.0 Å². The van der Waals surface area contributed by atoms with Gasteiger partial charge in [-0.2, -0.15) is 0 Å². The molecule has 0 amide bonds. The van der Waals surface area contributed by atoms with Gasteiger partial charge in [-0.25, -0.2) is 0 Å². The van der Waals surface area contributed by atoms with Crippen LogP contribution < -0.4 is 4.74 Å². The van der Waals surface area contributed by atoms with Gasteiger partial charge in [-0.3, -0.25) is 4.79 Å². The first-order chi connectivity index (χ1) is 9.30. The lowest BCUT2D eigenvalue weighted by Gasteiger charge is -2.15. The molecule has 0 fully saturated rings. The number of ether oxygens (including phenoxy) is 2. The molecule has 0 aromatic heterocycles. The molecule has 1 aromatic rings. The fourth-order valence-electron chi connectivity index (χ4n) is 1.53. The standard InChI is InChI=1S/C15H22O5/c1-11(16)10-19-8-9-20-13-6-4-12(5-7-13)14(17)15(2,3)18/h4-7,11,16,18H,8-10H2,1-3H3. The van der Waals surface area contributed by atoms with Crippen LogP contribution in [0.2, 0.25) is 0 Å². The van der Waals surface area contributed by atoms with Crippen molar-refractivity contribution in [3.05, 3.63) is 29.8 Å². The van der Waals surface area contributed by atoms with E-state index in [9.17, 15) is 9.90 Å². The van der Waals surface area contributed by atoms with Gasteiger partial charge in [0.2, 0.25) is 0 Å². The lowest BCUT2D eigenvalue weighted by molar-refractivity contribution is 0.0329. The molecule has 1 atom stereocenters. The first-order valence-electron chi connectivity index (χ1n) is 6.56. The molecule has 0 spiro atoms. The molecule has 1 aromatic carbocycles. The Bertz CT molecular complexity index is 417. The van der Waals surface area contributed by atoms with Gasteiger partial charge >= 0.3 is 0 Å². The van der Waals surface area contributed by atoms with Crippen LogP contribution in [0.1, 0.15) is 31.1 Å². The van der Waals surface area contributed by atoms with Crippen LogP contribution in [0, 0.1) is 0 Å². The van der Waals surface area contributed by atoms with Crippen molar-refractivity contribution in [3.63, 3.8) is 0 Å². The molecule has 20 heavy (non-hydrogen) atoms. The number of carbonyl (C=O) groups is 1. The quantitative estimate of drug-likeness (QED) is 0.557. The maximum absolute atomic E-state index is 11.8. The second-order valence-corrected chi connectivity index (χ2v) is 5.18.